The van der Waals surface area contributed by atoms with E-state index in [2.05, 4.69) is 48.5 Å². The quantitative estimate of drug-likeness (QED) is 0.875. The molecule has 2 unspecified atom stereocenters. The molecular formula is C16H21ClN2S. The summed E-state index contributed by atoms with van der Waals surface area (Å²) in [4.78, 5) is 3.74. The van der Waals surface area contributed by atoms with Crippen molar-refractivity contribution >= 4 is 22.9 Å². The smallest absolute Gasteiger partial charge is 0.0493 e. The van der Waals surface area contributed by atoms with Crippen LogP contribution in [-0.2, 0) is 6.42 Å². The molecule has 1 aromatic carbocycles. The van der Waals surface area contributed by atoms with E-state index in [1.54, 1.807) is 0 Å². The van der Waals surface area contributed by atoms with Crippen molar-refractivity contribution in [3.8, 4) is 0 Å². The first-order valence-electron chi connectivity index (χ1n) is 6.81. The molecule has 0 spiro atoms. The highest BCUT2D eigenvalue weighted by Gasteiger charge is 2.20. The predicted molar refractivity (Wildman–Crippen MR) is 88.5 cm³/mol. The third-order valence-electron chi connectivity index (χ3n) is 3.48. The normalized spacial score (nSPS) is 14.4. The molecule has 2 N–H and O–H groups in total. The zero-order chi connectivity index (χ0) is 14.5. The van der Waals surface area contributed by atoms with Crippen LogP contribution in [0.25, 0.3) is 0 Å². The van der Waals surface area contributed by atoms with Crippen molar-refractivity contribution in [1.82, 2.24) is 4.90 Å². The first-order chi connectivity index (χ1) is 9.58. The molecule has 108 valence electrons. The van der Waals surface area contributed by atoms with E-state index < -0.39 is 0 Å². The summed E-state index contributed by atoms with van der Waals surface area (Å²) in [6.45, 7) is 3.05. The number of benzene rings is 1. The summed E-state index contributed by atoms with van der Waals surface area (Å²) >= 11 is 7.77. The lowest BCUT2D eigenvalue weighted by Gasteiger charge is -2.31. The van der Waals surface area contributed by atoms with Crippen LogP contribution in [0.3, 0.4) is 0 Å². The second-order valence-electron chi connectivity index (χ2n) is 5.17. The average molecular weight is 309 g/mol. The van der Waals surface area contributed by atoms with E-state index in [4.69, 9.17) is 17.3 Å². The van der Waals surface area contributed by atoms with Gasteiger partial charge in [0.15, 0.2) is 0 Å². The van der Waals surface area contributed by atoms with Gasteiger partial charge >= 0.3 is 0 Å². The Bertz CT molecular complexity index is 508. The Labute approximate surface area is 130 Å². The average Bonchev–Trinajstić information content (AvgIpc) is 2.92. The van der Waals surface area contributed by atoms with Gasteiger partial charge < -0.3 is 5.73 Å². The van der Waals surface area contributed by atoms with Gasteiger partial charge in [-0.05, 0) is 49.5 Å². The molecule has 0 aliphatic rings. The van der Waals surface area contributed by atoms with Gasteiger partial charge in [0.1, 0.15) is 0 Å². The van der Waals surface area contributed by atoms with E-state index in [9.17, 15) is 0 Å². The summed E-state index contributed by atoms with van der Waals surface area (Å²) in [5.41, 5.74) is 7.41. The molecule has 2 rings (SSSR count). The van der Waals surface area contributed by atoms with Gasteiger partial charge in [-0.15, -0.1) is 11.3 Å². The Kier molecular flexibility index (Phi) is 5.61. The van der Waals surface area contributed by atoms with Crippen LogP contribution in [0, 0.1) is 0 Å². The fourth-order valence-electron chi connectivity index (χ4n) is 2.50. The van der Waals surface area contributed by atoms with Crippen LogP contribution in [0.2, 0.25) is 5.02 Å². The van der Waals surface area contributed by atoms with Crippen molar-refractivity contribution in [2.45, 2.75) is 25.4 Å². The van der Waals surface area contributed by atoms with Gasteiger partial charge in [0, 0.05) is 28.5 Å². The fourth-order valence-corrected chi connectivity index (χ4v) is 3.32. The maximum atomic E-state index is 6.18. The standard InChI is InChI=1S/C16H21ClN2S/c1-12(18)16(13-5-7-14(17)8-6-13)19(2)10-9-15-4-3-11-20-15/h3-8,11-12,16H,9-10,18H2,1-2H3. The Balaban J connectivity index is 2.05. The number of halogens is 1. The third kappa shape index (κ3) is 4.06. The van der Waals surface area contributed by atoms with Crippen molar-refractivity contribution in [3.05, 3.63) is 57.2 Å². The van der Waals surface area contributed by atoms with Crippen LogP contribution in [0.4, 0.5) is 0 Å². The molecule has 1 aromatic heterocycles. The van der Waals surface area contributed by atoms with Gasteiger partial charge in [-0.25, -0.2) is 0 Å². The van der Waals surface area contributed by atoms with E-state index in [1.807, 2.05) is 23.5 Å². The molecule has 0 radical (unpaired) electrons. The third-order valence-corrected chi connectivity index (χ3v) is 4.66. The van der Waals surface area contributed by atoms with Crippen molar-refractivity contribution in [1.29, 1.82) is 0 Å². The van der Waals surface area contributed by atoms with Gasteiger partial charge in [-0.2, -0.15) is 0 Å². The van der Waals surface area contributed by atoms with Crippen LogP contribution in [0.15, 0.2) is 41.8 Å². The van der Waals surface area contributed by atoms with Crippen LogP contribution in [0.1, 0.15) is 23.4 Å². The van der Waals surface area contributed by atoms with Crippen molar-refractivity contribution in [2.24, 2.45) is 5.73 Å². The van der Waals surface area contributed by atoms with Gasteiger partial charge in [-0.1, -0.05) is 29.8 Å². The highest BCUT2D eigenvalue weighted by Crippen LogP contribution is 2.24. The van der Waals surface area contributed by atoms with E-state index in [0.29, 0.717) is 0 Å². The van der Waals surface area contributed by atoms with E-state index >= 15 is 0 Å². The summed E-state index contributed by atoms with van der Waals surface area (Å²) in [6, 6.07) is 12.6. The number of nitrogens with two attached hydrogens (primary N) is 1. The SMILES string of the molecule is CC(N)C(c1ccc(Cl)cc1)N(C)CCc1cccs1. The maximum Gasteiger partial charge on any atom is 0.0493 e. The van der Waals surface area contributed by atoms with Gasteiger partial charge in [-0.3, -0.25) is 4.90 Å². The van der Waals surface area contributed by atoms with Crippen LogP contribution in [-0.4, -0.2) is 24.5 Å². The molecule has 0 fully saturated rings. The van der Waals surface area contributed by atoms with Crippen molar-refractivity contribution in [2.75, 3.05) is 13.6 Å². The Hall–Kier alpha value is -0.870. The minimum atomic E-state index is 0.0736. The summed E-state index contributed by atoms with van der Waals surface area (Å²) in [5.74, 6) is 0. The second-order valence-corrected chi connectivity index (χ2v) is 6.63. The number of hydrogen-bond donors (Lipinski definition) is 1. The largest absolute Gasteiger partial charge is 0.326 e. The summed E-state index contributed by atoms with van der Waals surface area (Å²) in [6.07, 6.45) is 1.06. The maximum absolute atomic E-state index is 6.18. The molecule has 0 aliphatic heterocycles. The van der Waals surface area contributed by atoms with Gasteiger partial charge in [0.25, 0.3) is 0 Å². The second kappa shape index (κ2) is 7.23. The van der Waals surface area contributed by atoms with E-state index in [0.717, 1.165) is 18.0 Å². The molecule has 2 atom stereocenters. The molecule has 0 bridgehead atoms. The molecule has 2 nitrogen and oxygen atoms in total. The number of hydrogen-bond acceptors (Lipinski definition) is 3. The number of rotatable bonds is 6. The Morgan fingerprint density at radius 3 is 2.50 bits per heavy atom. The number of likely N-dealkylation sites (N-methyl/N-ethyl adjacent to an activating group) is 1. The van der Waals surface area contributed by atoms with E-state index in [1.165, 1.54) is 10.4 Å². The molecule has 0 aliphatic carbocycles. The highest BCUT2D eigenvalue weighted by atomic mass is 35.5. The topological polar surface area (TPSA) is 29.3 Å². The first-order valence-corrected chi connectivity index (χ1v) is 8.07. The lowest BCUT2D eigenvalue weighted by atomic mass is 9.99. The van der Waals surface area contributed by atoms with Crippen molar-refractivity contribution in [3.63, 3.8) is 0 Å². The summed E-state index contributed by atoms with van der Waals surface area (Å²) in [5, 5.41) is 2.89. The summed E-state index contributed by atoms with van der Waals surface area (Å²) in [7, 11) is 2.14. The minimum Gasteiger partial charge on any atom is -0.326 e. The zero-order valence-electron chi connectivity index (χ0n) is 11.9. The molecule has 4 heteroatoms. The molecule has 0 amide bonds. The zero-order valence-corrected chi connectivity index (χ0v) is 13.5. The monoisotopic (exact) mass is 308 g/mol. The van der Waals surface area contributed by atoms with Crippen molar-refractivity contribution < 1.29 is 0 Å². The van der Waals surface area contributed by atoms with E-state index in [-0.39, 0.29) is 12.1 Å². The molecule has 0 saturated heterocycles. The van der Waals surface area contributed by atoms with Crippen LogP contribution < -0.4 is 5.73 Å². The highest BCUT2D eigenvalue weighted by molar-refractivity contribution is 7.09. The predicted octanol–water partition coefficient (Wildman–Crippen LogP) is 3.96. The van der Waals surface area contributed by atoms with Gasteiger partial charge in [0.05, 0.1) is 0 Å². The lowest BCUT2D eigenvalue weighted by Crippen LogP contribution is -2.38. The lowest BCUT2D eigenvalue weighted by molar-refractivity contribution is 0.222. The molecule has 1 heterocycles. The number of thiophene rings is 1. The number of nitrogens with zero attached hydrogens (tertiary/aromatic N) is 1. The summed E-state index contributed by atoms with van der Waals surface area (Å²) < 4.78 is 0. The van der Waals surface area contributed by atoms with Gasteiger partial charge in [0.2, 0.25) is 0 Å². The molecular weight excluding hydrogens is 288 g/mol. The van der Waals surface area contributed by atoms with Crippen LogP contribution >= 0.6 is 22.9 Å². The molecule has 2 aromatic rings. The fraction of sp³-hybridized carbons (Fsp3) is 0.375. The molecule has 20 heavy (non-hydrogen) atoms. The Morgan fingerprint density at radius 1 is 1.25 bits per heavy atom. The minimum absolute atomic E-state index is 0.0736. The molecule has 0 saturated carbocycles. The Morgan fingerprint density at radius 2 is 1.95 bits per heavy atom. The van der Waals surface area contributed by atoms with Crippen LogP contribution in [0.5, 0.6) is 0 Å². The first kappa shape index (κ1) is 15.5.